The van der Waals surface area contributed by atoms with Crippen LogP contribution in [0.5, 0.6) is 17.2 Å². The summed E-state index contributed by atoms with van der Waals surface area (Å²) in [6.07, 6.45) is 0.502. The number of methoxy groups -OCH3 is 3. The summed E-state index contributed by atoms with van der Waals surface area (Å²) < 4.78 is 20.4. The van der Waals surface area contributed by atoms with E-state index in [0.29, 0.717) is 12.0 Å². The molecule has 0 spiro atoms. The number of hydrogen-bond donors (Lipinski definition) is 1. The Morgan fingerprint density at radius 2 is 1.68 bits per heavy atom. The fourth-order valence-corrected chi connectivity index (χ4v) is 2.45. The van der Waals surface area contributed by atoms with Crippen LogP contribution in [0.4, 0.5) is 0 Å². The van der Waals surface area contributed by atoms with Gasteiger partial charge < -0.3 is 24.3 Å². The minimum atomic E-state index is -0.863. The second-order valence-corrected chi connectivity index (χ2v) is 5.58. The van der Waals surface area contributed by atoms with Gasteiger partial charge >= 0.3 is 5.97 Å². The molecule has 0 aliphatic heterocycles. The lowest BCUT2D eigenvalue weighted by atomic mass is 10.1. The molecular weight excluding hydrogens is 366 g/mol. The monoisotopic (exact) mass is 387 g/mol. The first kappa shape index (κ1) is 20.8. The molecule has 0 aliphatic rings. The van der Waals surface area contributed by atoms with Gasteiger partial charge in [0.15, 0.2) is 24.4 Å². The van der Waals surface area contributed by atoms with Crippen LogP contribution in [-0.4, -0.2) is 46.1 Å². The van der Waals surface area contributed by atoms with Crippen LogP contribution in [0.3, 0.4) is 0 Å². The molecule has 0 atom stereocenters. The smallest absolute Gasteiger partial charge is 0.343 e. The summed E-state index contributed by atoms with van der Waals surface area (Å²) >= 11 is 0. The summed E-state index contributed by atoms with van der Waals surface area (Å²) in [5, 5.41) is 2.64. The molecule has 148 valence electrons. The van der Waals surface area contributed by atoms with Gasteiger partial charge in [0.2, 0.25) is 0 Å². The van der Waals surface area contributed by atoms with Crippen molar-refractivity contribution in [1.29, 1.82) is 0 Å². The van der Waals surface area contributed by atoms with E-state index < -0.39 is 18.5 Å². The molecule has 0 heterocycles. The SMILES string of the molecule is COc1ccc(CNC(=O)COC(=O)c2c(C=O)ccc(OC)c2OC)cc1. The van der Waals surface area contributed by atoms with Gasteiger partial charge in [-0.1, -0.05) is 12.1 Å². The second-order valence-electron chi connectivity index (χ2n) is 5.58. The van der Waals surface area contributed by atoms with E-state index in [9.17, 15) is 14.4 Å². The van der Waals surface area contributed by atoms with E-state index in [0.717, 1.165) is 5.56 Å². The van der Waals surface area contributed by atoms with Gasteiger partial charge in [0.1, 0.15) is 11.3 Å². The zero-order valence-corrected chi connectivity index (χ0v) is 15.8. The normalized spacial score (nSPS) is 9.96. The molecule has 28 heavy (non-hydrogen) atoms. The van der Waals surface area contributed by atoms with Gasteiger partial charge in [0.05, 0.1) is 21.3 Å². The fraction of sp³-hybridized carbons (Fsp3) is 0.250. The van der Waals surface area contributed by atoms with Crippen LogP contribution in [-0.2, 0) is 16.1 Å². The first-order valence-corrected chi connectivity index (χ1v) is 8.31. The maximum atomic E-state index is 12.4. The minimum Gasteiger partial charge on any atom is -0.497 e. The average Bonchev–Trinajstić information content (AvgIpc) is 2.74. The number of carbonyl (C=O) groups is 3. The van der Waals surface area contributed by atoms with Gasteiger partial charge in [-0.25, -0.2) is 4.79 Å². The molecule has 0 saturated carbocycles. The molecule has 2 aromatic carbocycles. The van der Waals surface area contributed by atoms with E-state index in [1.165, 1.54) is 26.4 Å². The van der Waals surface area contributed by atoms with Crippen molar-refractivity contribution in [2.75, 3.05) is 27.9 Å². The summed E-state index contributed by atoms with van der Waals surface area (Å²) in [6.45, 7) is -0.240. The highest BCUT2D eigenvalue weighted by Gasteiger charge is 2.23. The average molecular weight is 387 g/mol. The molecule has 8 nitrogen and oxygen atoms in total. The summed E-state index contributed by atoms with van der Waals surface area (Å²) in [7, 11) is 4.31. The van der Waals surface area contributed by atoms with Gasteiger partial charge in [-0.05, 0) is 29.8 Å². The van der Waals surface area contributed by atoms with Crippen LogP contribution in [0.25, 0.3) is 0 Å². The predicted molar refractivity (Wildman–Crippen MR) is 100 cm³/mol. The van der Waals surface area contributed by atoms with E-state index >= 15 is 0 Å². The van der Waals surface area contributed by atoms with Crippen molar-refractivity contribution >= 4 is 18.2 Å². The van der Waals surface area contributed by atoms with Gasteiger partial charge in [-0.15, -0.1) is 0 Å². The molecule has 1 amide bonds. The van der Waals surface area contributed by atoms with Crippen LogP contribution in [0.15, 0.2) is 36.4 Å². The third-order valence-electron chi connectivity index (χ3n) is 3.89. The molecule has 1 N–H and O–H groups in total. The number of ether oxygens (including phenoxy) is 4. The van der Waals surface area contributed by atoms with Gasteiger partial charge in [-0.2, -0.15) is 0 Å². The molecule has 0 aromatic heterocycles. The standard InChI is InChI=1S/C20H21NO7/c1-25-15-7-4-13(5-8-15)10-21-17(23)12-28-20(24)18-14(11-22)6-9-16(26-2)19(18)27-3/h4-9,11H,10,12H2,1-3H3,(H,21,23). The largest absolute Gasteiger partial charge is 0.497 e. The summed E-state index contributed by atoms with van der Waals surface area (Å²) in [5.41, 5.74) is 0.833. The number of rotatable bonds is 9. The molecule has 0 radical (unpaired) electrons. The summed E-state index contributed by atoms with van der Waals surface area (Å²) in [5.74, 6) is -0.307. The highest BCUT2D eigenvalue weighted by atomic mass is 16.5. The number of nitrogens with one attached hydrogen (secondary N) is 1. The van der Waals surface area contributed by atoms with Crippen LogP contribution in [0.1, 0.15) is 26.3 Å². The van der Waals surface area contributed by atoms with E-state index in [2.05, 4.69) is 5.32 Å². The third kappa shape index (κ3) is 5.00. The molecule has 0 unspecified atom stereocenters. The summed E-state index contributed by atoms with van der Waals surface area (Å²) in [4.78, 5) is 35.6. The number of esters is 1. The topological polar surface area (TPSA) is 100 Å². The first-order valence-electron chi connectivity index (χ1n) is 8.31. The van der Waals surface area contributed by atoms with Gasteiger partial charge in [-0.3, -0.25) is 9.59 Å². The van der Waals surface area contributed by atoms with Crippen molar-refractivity contribution in [2.24, 2.45) is 0 Å². The Kier molecular flexibility index (Phi) is 7.38. The first-order chi connectivity index (χ1) is 13.5. The zero-order chi connectivity index (χ0) is 20.5. The number of amides is 1. The minimum absolute atomic E-state index is 0.0655. The fourth-order valence-electron chi connectivity index (χ4n) is 2.45. The van der Waals surface area contributed by atoms with Crippen LogP contribution in [0, 0.1) is 0 Å². The maximum absolute atomic E-state index is 12.4. The zero-order valence-electron chi connectivity index (χ0n) is 15.8. The Balaban J connectivity index is 1.99. The lowest BCUT2D eigenvalue weighted by Crippen LogP contribution is -2.28. The van der Waals surface area contributed by atoms with E-state index in [1.54, 1.807) is 19.2 Å². The maximum Gasteiger partial charge on any atom is 0.343 e. The van der Waals surface area contributed by atoms with Gasteiger partial charge in [0.25, 0.3) is 5.91 Å². The highest BCUT2D eigenvalue weighted by Crippen LogP contribution is 2.33. The number of benzene rings is 2. The Hall–Kier alpha value is -3.55. The van der Waals surface area contributed by atoms with E-state index in [1.807, 2.05) is 12.1 Å². The van der Waals surface area contributed by atoms with Crippen molar-refractivity contribution < 1.29 is 33.3 Å². The van der Waals surface area contributed by atoms with Crippen molar-refractivity contribution in [3.05, 3.63) is 53.1 Å². The Morgan fingerprint density at radius 1 is 0.964 bits per heavy atom. The van der Waals surface area contributed by atoms with Crippen LogP contribution in [0.2, 0.25) is 0 Å². The van der Waals surface area contributed by atoms with Crippen LogP contribution < -0.4 is 19.5 Å². The van der Waals surface area contributed by atoms with E-state index in [-0.39, 0.29) is 29.2 Å². The van der Waals surface area contributed by atoms with Gasteiger partial charge in [0, 0.05) is 12.1 Å². The molecule has 0 saturated heterocycles. The molecule has 0 fully saturated rings. The second kappa shape index (κ2) is 9.96. The van der Waals surface area contributed by atoms with Crippen LogP contribution >= 0.6 is 0 Å². The van der Waals surface area contributed by atoms with E-state index in [4.69, 9.17) is 18.9 Å². The third-order valence-corrected chi connectivity index (χ3v) is 3.89. The Morgan fingerprint density at radius 3 is 2.25 bits per heavy atom. The van der Waals surface area contributed by atoms with Crippen molar-refractivity contribution in [2.45, 2.75) is 6.54 Å². The molecule has 0 bridgehead atoms. The lowest BCUT2D eigenvalue weighted by Gasteiger charge is -2.14. The number of hydrogen-bond acceptors (Lipinski definition) is 7. The summed E-state index contributed by atoms with van der Waals surface area (Å²) in [6, 6.07) is 10.1. The molecule has 2 rings (SSSR count). The highest BCUT2D eigenvalue weighted by molar-refractivity contribution is 6.02. The Labute approximate surface area is 162 Å². The predicted octanol–water partition coefficient (Wildman–Crippen LogP) is 2.00. The quantitative estimate of drug-likeness (QED) is 0.519. The number of carbonyl (C=O) groups excluding carboxylic acids is 3. The lowest BCUT2D eigenvalue weighted by molar-refractivity contribution is -0.124. The van der Waals surface area contributed by atoms with Crippen molar-refractivity contribution in [3.63, 3.8) is 0 Å². The van der Waals surface area contributed by atoms with Crippen molar-refractivity contribution in [3.8, 4) is 17.2 Å². The molecule has 8 heteroatoms. The number of aldehydes is 1. The molecule has 0 aliphatic carbocycles. The molecular formula is C20H21NO7. The molecule has 2 aromatic rings. The van der Waals surface area contributed by atoms with Crippen molar-refractivity contribution in [1.82, 2.24) is 5.32 Å². The Bertz CT molecular complexity index is 846.